The second-order valence-electron chi connectivity index (χ2n) is 15.4. The van der Waals surface area contributed by atoms with Gasteiger partial charge in [-0.05, 0) is 138 Å². The second kappa shape index (κ2) is 18.4. The zero-order chi connectivity index (χ0) is 41.9. The van der Waals surface area contributed by atoms with Gasteiger partial charge in [-0.3, -0.25) is 34.3 Å². The summed E-state index contributed by atoms with van der Waals surface area (Å²) in [7, 11) is 0. The van der Waals surface area contributed by atoms with Gasteiger partial charge in [0.15, 0.2) is 5.11 Å². The number of halogens is 4. The van der Waals surface area contributed by atoms with Gasteiger partial charge in [-0.15, -0.1) is 12.4 Å². The maximum atomic E-state index is 13.8. The first-order valence-electron chi connectivity index (χ1n) is 19.3. The number of nitrogens with zero attached hydrogens (tertiary/aromatic N) is 4. The Bertz CT molecular complexity index is 2160. The van der Waals surface area contributed by atoms with Crippen molar-refractivity contribution >= 4 is 76.1 Å². The van der Waals surface area contributed by atoms with Gasteiger partial charge in [-0.25, -0.2) is 0 Å². The number of imide groups is 1. The summed E-state index contributed by atoms with van der Waals surface area (Å²) in [5, 5.41) is 17.7. The van der Waals surface area contributed by atoms with Gasteiger partial charge in [0, 0.05) is 29.5 Å². The van der Waals surface area contributed by atoms with Gasteiger partial charge >= 0.3 is 6.18 Å². The average molecular weight is 854 g/mol. The van der Waals surface area contributed by atoms with Gasteiger partial charge in [0.05, 0.1) is 36.0 Å². The van der Waals surface area contributed by atoms with Crippen LogP contribution in [0, 0.1) is 17.2 Å². The molecule has 1 unspecified atom stereocenters. The van der Waals surface area contributed by atoms with Crippen molar-refractivity contribution in [2.75, 3.05) is 40.1 Å². The molecule has 3 aromatic rings. The Labute approximate surface area is 352 Å². The largest absolute Gasteiger partial charge is 0.493 e. The number of piperidine rings is 2. The summed E-state index contributed by atoms with van der Waals surface area (Å²) in [5.41, 5.74) is -0.216. The molecule has 17 heteroatoms. The number of aryl methyl sites for hydroxylation is 1. The van der Waals surface area contributed by atoms with Crippen molar-refractivity contribution < 1.29 is 37.1 Å². The summed E-state index contributed by atoms with van der Waals surface area (Å²) >= 11 is 5.72. The highest BCUT2D eigenvalue weighted by Crippen LogP contribution is 2.41. The fraction of sp³-hybridized carbons (Fsp3) is 0.429. The fourth-order valence-corrected chi connectivity index (χ4v) is 8.36. The molecule has 3 N–H and O–H groups in total. The first kappa shape index (κ1) is 44.9. The fourth-order valence-electron chi connectivity index (χ4n) is 7.84. The number of nitriles is 1. The van der Waals surface area contributed by atoms with Crippen molar-refractivity contribution in [1.82, 2.24) is 10.2 Å². The lowest BCUT2D eigenvalue weighted by Gasteiger charge is -2.37. The Hall–Kier alpha value is -5.24. The van der Waals surface area contributed by atoms with E-state index in [4.69, 9.17) is 17.0 Å². The SMILES string of the molecule is CCc1cc(N2C(=S)N(c3ccc(C#N)c(C(F)(F)F)c3)C(=O)C2(C)C)ccc1OCC[C@H]1CCN(CC(=O)Nc2cccc(NC3CCC(=O)NC3=O)c2)[C@H](C)C1.Cl. The first-order valence-corrected chi connectivity index (χ1v) is 19.7. The molecule has 4 amide bonds. The van der Waals surface area contributed by atoms with Crippen molar-refractivity contribution in [3.63, 3.8) is 0 Å². The number of nitrogens with one attached hydrogen (secondary N) is 3. The summed E-state index contributed by atoms with van der Waals surface area (Å²) < 4.78 is 47.6. The van der Waals surface area contributed by atoms with E-state index in [1.807, 2.05) is 19.1 Å². The minimum atomic E-state index is -4.79. The zero-order valence-electron chi connectivity index (χ0n) is 33.2. The molecule has 59 heavy (non-hydrogen) atoms. The minimum Gasteiger partial charge on any atom is -0.493 e. The standard InChI is InChI=1S/C42H46F3N7O5S.ClH/c1-5-27-20-32(52-40(58)51(39(56)41(52,3)4)31-10-9-28(23-46)33(22-31)42(43,44)45)11-13-35(27)57-18-16-26-15-17-50(25(2)19-26)24-37(54)48-30-8-6-7-29(21-30)47-34-12-14-36(53)49-38(34)55;/h6-11,13,20-22,25-26,34,47H,5,12,14-19,24H2,1-4H3,(H,48,54)(H,49,53,55);1H/t25-,26-,34?;/m1./s1. The van der Waals surface area contributed by atoms with E-state index < -0.39 is 34.8 Å². The van der Waals surface area contributed by atoms with Crippen molar-refractivity contribution in [3.8, 4) is 11.8 Å². The van der Waals surface area contributed by atoms with E-state index >= 15 is 0 Å². The van der Waals surface area contributed by atoms with Crippen LogP contribution < -0.4 is 30.5 Å². The van der Waals surface area contributed by atoms with E-state index in [0.29, 0.717) is 48.2 Å². The number of thiocarbonyl (C=S) groups is 1. The Morgan fingerprint density at radius 1 is 1.05 bits per heavy atom. The number of likely N-dealkylation sites (tertiary alicyclic amines) is 1. The lowest BCUT2D eigenvalue weighted by molar-refractivity contribution is -0.138. The van der Waals surface area contributed by atoms with E-state index in [-0.39, 0.29) is 59.9 Å². The summed E-state index contributed by atoms with van der Waals surface area (Å²) in [6, 6.07) is 17.0. The molecule has 3 fully saturated rings. The Balaban J connectivity index is 0.00000661. The molecule has 6 rings (SSSR count). The number of hydrogen-bond acceptors (Lipinski definition) is 9. The van der Waals surface area contributed by atoms with Crippen LogP contribution in [-0.2, 0) is 31.8 Å². The molecule has 0 radical (unpaired) electrons. The molecule has 314 valence electrons. The summed E-state index contributed by atoms with van der Waals surface area (Å²) in [6.45, 7) is 8.90. The lowest BCUT2D eigenvalue weighted by Crippen LogP contribution is -2.47. The molecular formula is C42H47ClF3N7O5S. The number of benzene rings is 3. The topological polar surface area (TPSA) is 147 Å². The van der Waals surface area contributed by atoms with Crippen LogP contribution in [0.4, 0.5) is 35.9 Å². The number of carbonyl (C=O) groups is 4. The number of anilines is 4. The maximum absolute atomic E-state index is 13.8. The number of carbonyl (C=O) groups excluding carboxylic acids is 4. The number of rotatable bonds is 12. The molecule has 0 aromatic heterocycles. The third-order valence-corrected chi connectivity index (χ3v) is 11.4. The monoisotopic (exact) mass is 853 g/mol. The van der Waals surface area contributed by atoms with Gasteiger partial charge in [-0.2, -0.15) is 18.4 Å². The summed E-state index contributed by atoms with van der Waals surface area (Å²) in [5.74, 6) is -0.193. The number of alkyl halides is 3. The van der Waals surface area contributed by atoms with E-state index in [9.17, 15) is 37.6 Å². The highest BCUT2D eigenvalue weighted by atomic mass is 35.5. The highest BCUT2D eigenvalue weighted by Gasteiger charge is 2.51. The average Bonchev–Trinajstić information content (AvgIpc) is 3.35. The molecule has 12 nitrogen and oxygen atoms in total. The number of hydrogen-bond donors (Lipinski definition) is 3. The molecule has 0 saturated carbocycles. The van der Waals surface area contributed by atoms with Crippen LogP contribution >= 0.6 is 24.6 Å². The predicted octanol–water partition coefficient (Wildman–Crippen LogP) is 7.20. The molecule has 3 heterocycles. The van der Waals surface area contributed by atoms with Crippen LogP contribution in [0.2, 0.25) is 0 Å². The molecule has 3 saturated heterocycles. The second-order valence-corrected chi connectivity index (χ2v) is 15.8. The Morgan fingerprint density at radius 3 is 2.46 bits per heavy atom. The maximum Gasteiger partial charge on any atom is 0.417 e. The molecular weight excluding hydrogens is 807 g/mol. The summed E-state index contributed by atoms with van der Waals surface area (Å²) in [4.78, 5) is 55.2. The van der Waals surface area contributed by atoms with Crippen LogP contribution in [0.15, 0.2) is 60.7 Å². The van der Waals surface area contributed by atoms with Crippen LogP contribution in [0.1, 0.15) is 76.5 Å². The van der Waals surface area contributed by atoms with Crippen LogP contribution in [0.3, 0.4) is 0 Å². The quantitative estimate of drug-likeness (QED) is 0.126. The van der Waals surface area contributed by atoms with Gasteiger partial charge < -0.3 is 20.3 Å². The number of amides is 4. The Kier molecular flexibility index (Phi) is 14.0. The van der Waals surface area contributed by atoms with Crippen molar-refractivity contribution in [2.24, 2.45) is 5.92 Å². The third kappa shape index (κ3) is 9.97. The molecule has 3 atom stereocenters. The highest BCUT2D eigenvalue weighted by molar-refractivity contribution is 7.81. The molecule has 3 aliphatic rings. The van der Waals surface area contributed by atoms with Gasteiger partial charge in [0.1, 0.15) is 17.3 Å². The molecule has 0 spiro atoms. The van der Waals surface area contributed by atoms with Crippen LogP contribution in [-0.4, -0.2) is 71.0 Å². The van der Waals surface area contributed by atoms with Gasteiger partial charge in [-0.1, -0.05) is 13.0 Å². The van der Waals surface area contributed by atoms with E-state index in [0.717, 1.165) is 48.4 Å². The minimum absolute atomic E-state index is 0. The predicted molar refractivity (Wildman–Crippen MR) is 225 cm³/mol. The summed E-state index contributed by atoms with van der Waals surface area (Å²) in [6.07, 6.45) is -0.887. The smallest absolute Gasteiger partial charge is 0.417 e. The van der Waals surface area contributed by atoms with Crippen LogP contribution in [0.5, 0.6) is 5.75 Å². The van der Waals surface area contributed by atoms with E-state index in [2.05, 4.69) is 27.8 Å². The number of ether oxygens (including phenoxy) is 1. The molecule has 0 aliphatic carbocycles. The van der Waals surface area contributed by atoms with E-state index in [1.54, 1.807) is 55.1 Å². The lowest BCUT2D eigenvalue weighted by atomic mass is 9.89. The normalized spacial score (nSPS) is 20.7. The van der Waals surface area contributed by atoms with Crippen molar-refractivity contribution in [1.29, 1.82) is 5.26 Å². The molecule has 0 bridgehead atoms. The first-order chi connectivity index (χ1) is 27.5. The zero-order valence-corrected chi connectivity index (χ0v) is 34.8. The van der Waals surface area contributed by atoms with Crippen molar-refractivity contribution in [3.05, 3.63) is 77.4 Å². The molecule has 3 aromatic carbocycles. The van der Waals surface area contributed by atoms with E-state index in [1.165, 1.54) is 6.07 Å². The molecule has 3 aliphatic heterocycles. The third-order valence-electron chi connectivity index (χ3n) is 11.0. The van der Waals surface area contributed by atoms with Gasteiger partial charge in [0.25, 0.3) is 5.91 Å². The van der Waals surface area contributed by atoms with Crippen LogP contribution in [0.25, 0.3) is 0 Å². The van der Waals surface area contributed by atoms with Gasteiger partial charge in [0.2, 0.25) is 17.7 Å². The Morgan fingerprint density at radius 2 is 1.78 bits per heavy atom. The van der Waals surface area contributed by atoms with Crippen molar-refractivity contribution in [2.45, 2.75) is 90.0 Å².